The Morgan fingerprint density at radius 3 is 2.60 bits per heavy atom. The van der Waals surface area contributed by atoms with Crippen LogP contribution in [0.1, 0.15) is 13.8 Å². The number of aliphatic hydroxyl groups excluding tert-OH is 1. The van der Waals surface area contributed by atoms with Crippen molar-refractivity contribution in [3.8, 4) is 0 Å². The van der Waals surface area contributed by atoms with E-state index in [0.717, 1.165) is 4.90 Å². The standard InChI is InChI=1S/C14H19N3O2S/c1-9-10(2)13(16-17-15)14(19-12(9)8-18)20-11-6-4-3-5-7-11/h3-7,9-10,12-14,18H,8H2,1-2H3/t9-,10?,12?,13-,14-/m0/s1. The van der Waals surface area contributed by atoms with Crippen LogP contribution in [-0.4, -0.2) is 29.3 Å². The highest BCUT2D eigenvalue weighted by Crippen LogP contribution is 2.39. The number of azide groups is 1. The lowest BCUT2D eigenvalue weighted by Gasteiger charge is -2.42. The molecule has 5 nitrogen and oxygen atoms in total. The van der Waals surface area contributed by atoms with E-state index in [1.165, 1.54) is 11.8 Å². The van der Waals surface area contributed by atoms with Crippen molar-refractivity contribution in [2.24, 2.45) is 17.0 Å². The zero-order valence-corrected chi connectivity index (χ0v) is 12.4. The molecule has 0 bridgehead atoms. The van der Waals surface area contributed by atoms with Gasteiger partial charge in [-0.25, -0.2) is 0 Å². The normalized spacial score (nSPS) is 33.5. The fraction of sp³-hybridized carbons (Fsp3) is 0.571. The lowest BCUT2D eigenvalue weighted by atomic mass is 9.83. The number of thioether (sulfide) groups is 1. The average molecular weight is 293 g/mol. The van der Waals surface area contributed by atoms with E-state index >= 15 is 0 Å². The smallest absolute Gasteiger partial charge is 0.116 e. The maximum absolute atomic E-state index is 9.44. The van der Waals surface area contributed by atoms with Crippen molar-refractivity contribution in [1.82, 2.24) is 0 Å². The number of hydrogen-bond donors (Lipinski definition) is 1. The van der Waals surface area contributed by atoms with Gasteiger partial charge in [0.25, 0.3) is 0 Å². The highest BCUT2D eigenvalue weighted by molar-refractivity contribution is 7.99. The molecule has 1 aromatic carbocycles. The van der Waals surface area contributed by atoms with Crippen LogP contribution in [0.2, 0.25) is 0 Å². The molecule has 1 aliphatic heterocycles. The summed E-state index contributed by atoms with van der Waals surface area (Å²) in [5, 5.41) is 13.4. The van der Waals surface area contributed by atoms with Crippen LogP contribution in [0.4, 0.5) is 0 Å². The quantitative estimate of drug-likeness (QED) is 0.524. The molecule has 5 atom stereocenters. The van der Waals surface area contributed by atoms with Gasteiger partial charge in [-0.3, -0.25) is 0 Å². The van der Waals surface area contributed by atoms with Gasteiger partial charge in [0, 0.05) is 9.81 Å². The van der Waals surface area contributed by atoms with Gasteiger partial charge in [0.05, 0.1) is 18.8 Å². The molecule has 1 aliphatic rings. The third-order valence-electron chi connectivity index (χ3n) is 3.90. The first-order chi connectivity index (χ1) is 9.67. The van der Waals surface area contributed by atoms with Gasteiger partial charge in [0.1, 0.15) is 5.44 Å². The minimum Gasteiger partial charge on any atom is -0.394 e. The van der Waals surface area contributed by atoms with Gasteiger partial charge in [-0.15, -0.1) is 0 Å². The fourth-order valence-electron chi connectivity index (χ4n) is 2.43. The molecule has 1 heterocycles. The lowest BCUT2D eigenvalue weighted by Crippen LogP contribution is -2.48. The highest BCUT2D eigenvalue weighted by Gasteiger charge is 2.41. The molecule has 1 N–H and O–H groups in total. The van der Waals surface area contributed by atoms with E-state index in [-0.39, 0.29) is 36.0 Å². The Balaban J connectivity index is 2.20. The monoisotopic (exact) mass is 293 g/mol. The summed E-state index contributed by atoms with van der Waals surface area (Å²) in [5.41, 5.74) is 8.51. The Labute approximate surface area is 123 Å². The Kier molecular flexibility index (Phi) is 5.31. The molecule has 2 unspecified atom stereocenters. The number of rotatable bonds is 4. The van der Waals surface area contributed by atoms with Crippen LogP contribution >= 0.6 is 11.8 Å². The van der Waals surface area contributed by atoms with Crippen LogP contribution in [-0.2, 0) is 4.74 Å². The van der Waals surface area contributed by atoms with Gasteiger partial charge >= 0.3 is 0 Å². The molecule has 6 heteroatoms. The molecule has 2 rings (SSSR count). The summed E-state index contributed by atoms with van der Waals surface area (Å²) in [6.45, 7) is 4.06. The second kappa shape index (κ2) is 6.99. The Morgan fingerprint density at radius 2 is 2.00 bits per heavy atom. The average Bonchev–Trinajstić information content (AvgIpc) is 2.47. The minimum atomic E-state index is -0.267. The molecule has 1 saturated heterocycles. The molecule has 20 heavy (non-hydrogen) atoms. The van der Waals surface area contributed by atoms with Gasteiger partial charge in [-0.1, -0.05) is 48.9 Å². The summed E-state index contributed by atoms with van der Waals surface area (Å²) in [6, 6.07) is 9.64. The first-order valence-electron chi connectivity index (χ1n) is 6.69. The molecule has 0 amide bonds. The molecule has 0 saturated carbocycles. The molecule has 0 spiro atoms. The first kappa shape index (κ1) is 15.2. The summed E-state index contributed by atoms with van der Waals surface area (Å²) in [5.74, 6) is 0.320. The third kappa shape index (κ3) is 3.27. The number of nitrogens with zero attached hydrogens (tertiary/aromatic N) is 3. The largest absolute Gasteiger partial charge is 0.394 e. The zero-order valence-electron chi connectivity index (χ0n) is 11.6. The van der Waals surface area contributed by atoms with Crippen LogP contribution < -0.4 is 0 Å². The van der Waals surface area contributed by atoms with Crippen molar-refractivity contribution in [3.05, 3.63) is 40.8 Å². The summed E-state index contributed by atoms with van der Waals surface area (Å²) in [7, 11) is 0. The van der Waals surface area contributed by atoms with Crippen molar-refractivity contribution >= 4 is 11.8 Å². The van der Waals surface area contributed by atoms with Crippen LogP contribution in [0, 0.1) is 11.8 Å². The predicted molar refractivity (Wildman–Crippen MR) is 79.3 cm³/mol. The minimum absolute atomic E-state index is 0.0135. The van der Waals surface area contributed by atoms with Crippen LogP contribution in [0.5, 0.6) is 0 Å². The van der Waals surface area contributed by atoms with Gasteiger partial charge in [-0.05, 0) is 29.5 Å². The second-order valence-corrected chi connectivity index (χ2v) is 6.24. The van der Waals surface area contributed by atoms with Crippen molar-refractivity contribution in [2.45, 2.75) is 36.3 Å². The van der Waals surface area contributed by atoms with Gasteiger partial charge < -0.3 is 9.84 Å². The van der Waals surface area contributed by atoms with Crippen LogP contribution in [0.3, 0.4) is 0 Å². The van der Waals surface area contributed by atoms with E-state index in [9.17, 15) is 5.11 Å². The summed E-state index contributed by atoms with van der Waals surface area (Å²) in [4.78, 5) is 4.02. The van der Waals surface area contributed by atoms with E-state index in [1.807, 2.05) is 44.2 Å². The Hall–Kier alpha value is -1.20. The third-order valence-corrected chi connectivity index (χ3v) is 5.07. The number of aliphatic hydroxyl groups is 1. The van der Waals surface area contributed by atoms with E-state index in [1.54, 1.807) is 0 Å². The summed E-state index contributed by atoms with van der Waals surface area (Å²) >= 11 is 1.54. The zero-order chi connectivity index (χ0) is 14.5. The van der Waals surface area contributed by atoms with Crippen molar-refractivity contribution in [3.63, 3.8) is 0 Å². The Bertz CT molecular complexity index is 479. The number of hydrogen-bond acceptors (Lipinski definition) is 4. The van der Waals surface area contributed by atoms with Crippen molar-refractivity contribution in [1.29, 1.82) is 0 Å². The maximum Gasteiger partial charge on any atom is 0.116 e. The van der Waals surface area contributed by atoms with Crippen molar-refractivity contribution in [2.75, 3.05) is 6.61 Å². The predicted octanol–water partition coefficient (Wildman–Crippen LogP) is 3.45. The molecule has 1 aromatic rings. The Morgan fingerprint density at radius 1 is 1.30 bits per heavy atom. The second-order valence-electron chi connectivity index (χ2n) is 5.07. The van der Waals surface area contributed by atoms with E-state index in [4.69, 9.17) is 10.3 Å². The molecule has 0 aliphatic carbocycles. The van der Waals surface area contributed by atoms with Gasteiger partial charge in [-0.2, -0.15) is 0 Å². The van der Waals surface area contributed by atoms with E-state index < -0.39 is 0 Å². The van der Waals surface area contributed by atoms with Crippen LogP contribution in [0.25, 0.3) is 10.4 Å². The SMILES string of the molecule is CC1[C@H](C)C(CO)O[C@@H](Sc2ccccc2)[C@H]1N=[N+]=[N-]. The van der Waals surface area contributed by atoms with Gasteiger partial charge in [0.15, 0.2) is 0 Å². The van der Waals surface area contributed by atoms with Gasteiger partial charge in [0.2, 0.25) is 0 Å². The van der Waals surface area contributed by atoms with Crippen LogP contribution in [0.15, 0.2) is 40.3 Å². The summed E-state index contributed by atoms with van der Waals surface area (Å²) in [6.07, 6.45) is -0.212. The highest BCUT2D eigenvalue weighted by atomic mass is 32.2. The molecule has 0 radical (unpaired) electrons. The maximum atomic E-state index is 9.44. The molecule has 0 aromatic heterocycles. The van der Waals surface area contributed by atoms with E-state index in [0.29, 0.717) is 0 Å². The first-order valence-corrected chi connectivity index (χ1v) is 7.57. The molecule has 1 fully saturated rings. The molecular formula is C14H19N3O2S. The number of benzene rings is 1. The fourth-order valence-corrected chi connectivity index (χ4v) is 3.66. The lowest BCUT2D eigenvalue weighted by molar-refractivity contribution is -0.0952. The summed E-state index contributed by atoms with van der Waals surface area (Å²) < 4.78 is 5.94. The van der Waals surface area contributed by atoms with Crippen molar-refractivity contribution < 1.29 is 9.84 Å². The molecular weight excluding hydrogens is 274 g/mol. The topological polar surface area (TPSA) is 78.2 Å². The number of ether oxygens (including phenoxy) is 1. The molecule has 108 valence electrons. The van der Waals surface area contributed by atoms with E-state index in [2.05, 4.69) is 10.0 Å².